The maximum atomic E-state index is 14.6. The summed E-state index contributed by atoms with van der Waals surface area (Å²) < 4.78 is 21.9. The maximum Gasteiger partial charge on any atom is 0.341 e. The van der Waals surface area contributed by atoms with E-state index in [1.165, 1.54) is 11.1 Å². The van der Waals surface area contributed by atoms with Crippen LogP contribution in [0.3, 0.4) is 0 Å². The number of pyridine rings is 1. The van der Waals surface area contributed by atoms with E-state index in [9.17, 15) is 23.9 Å². The Bertz CT molecular complexity index is 956. The summed E-state index contributed by atoms with van der Waals surface area (Å²) in [5.74, 6) is -1.91. The van der Waals surface area contributed by atoms with Gasteiger partial charge in [-0.25, -0.2) is 9.18 Å². The molecule has 26 heavy (non-hydrogen) atoms. The zero-order valence-electron chi connectivity index (χ0n) is 14.3. The van der Waals surface area contributed by atoms with Crippen LogP contribution in [0.25, 0.3) is 10.9 Å². The highest BCUT2D eigenvalue weighted by Gasteiger charge is 2.27. The number of ether oxygens (including phenoxy) is 1. The monoisotopic (exact) mass is 363 g/mol. The third-order valence-corrected chi connectivity index (χ3v) is 4.34. The van der Waals surface area contributed by atoms with Crippen molar-refractivity contribution in [1.29, 1.82) is 0 Å². The number of benzene rings is 1. The van der Waals surface area contributed by atoms with E-state index in [2.05, 4.69) is 5.32 Å². The molecule has 8 nitrogen and oxygen atoms in total. The quantitative estimate of drug-likeness (QED) is 0.750. The molecule has 138 valence electrons. The molecule has 2 N–H and O–H groups in total. The lowest BCUT2D eigenvalue weighted by molar-refractivity contribution is -0.116. The molecule has 0 unspecified atom stereocenters. The first-order valence-corrected chi connectivity index (χ1v) is 8.02. The van der Waals surface area contributed by atoms with E-state index in [1.54, 1.807) is 11.6 Å². The van der Waals surface area contributed by atoms with Gasteiger partial charge >= 0.3 is 5.97 Å². The molecule has 0 saturated heterocycles. The van der Waals surface area contributed by atoms with Crippen LogP contribution in [0.2, 0.25) is 0 Å². The van der Waals surface area contributed by atoms with Gasteiger partial charge in [-0.2, -0.15) is 0 Å². The number of hydrogen-bond acceptors (Lipinski definition) is 5. The number of carboxylic acids is 1. The van der Waals surface area contributed by atoms with Gasteiger partial charge in [0.2, 0.25) is 11.8 Å². The number of nitrogens with one attached hydrogen (secondary N) is 1. The van der Waals surface area contributed by atoms with Crippen molar-refractivity contribution in [2.24, 2.45) is 0 Å². The Morgan fingerprint density at radius 3 is 2.96 bits per heavy atom. The fourth-order valence-corrected chi connectivity index (χ4v) is 2.95. The van der Waals surface area contributed by atoms with Gasteiger partial charge in [-0.3, -0.25) is 9.59 Å². The molecule has 0 aliphatic carbocycles. The molecule has 0 bridgehead atoms. The fraction of sp³-hybridized carbons (Fsp3) is 0.353. The summed E-state index contributed by atoms with van der Waals surface area (Å²) in [4.78, 5) is 35.8. The lowest BCUT2D eigenvalue weighted by atomic mass is 10.1. The lowest BCUT2D eigenvalue weighted by Gasteiger charge is -2.28. The van der Waals surface area contributed by atoms with Crippen LogP contribution in [0.1, 0.15) is 23.3 Å². The highest BCUT2D eigenvalue weighted by atomic mass is 19.1. The molecule has 0 spiro atoms. The van der Waals surface area contributed by atoms with Gasteiger partial charge < -0.3 is 24.6 Å². The average Bonchev–Trinajstić information content (AvgIpc) is 2.60. The van der Waals surface area contributed by atoms with Crippen molar-refractivity contribution in [1.82, 2.24) is 9.47 Å². The summed E-state index contributed by atoms with van der Waals surface area (Å²) >= 11 is 0. The molecular weight excluding hydrogens is 345 g/mol. The van der Waals surface area contributed by atoms with Crippen molar-refractivity contribution in [3.05, 3.63) is 33.9 Å². The molecule has 1 aliphatic rings. The number of carbonyl (C=O) groups is 2. The molecule has 3 rings (SSSR count). The number of aromatic carboxylic acids is 1. The highest BCUT2D eigenvalue weighted by molar-refractivity contribution is 5.97. The second-order valence-corrected chi connectivity index (χ2v) is 6.22. The van der Waals surface area contributed by atoms with E-state index >= 15 is 0 Å². The minimum atomic E-state index is -1.36. The summed E-state index contributed by atoms with van der Waals surface area (Å²) in [5, 5.41) is 12.1. The summed E-state index contributed by atoms with van der Waals surface area (Å²) in [5.41, 5.74) is -0.731. The van der Waals surface area contributed by atoms with E-state index < -0.39 is 22.8 Å². The largest absolute Gasteiger partial charge is 0.487 e. The third-order valence-electron chi connectivity index (χ3n) is 4.34. The maximum absolute atomic E-state index is 14.6. The number of carbonyl (C=O) groups excluding carboxylic acids is 1. The van der Waals surface area contributed by atoms with Crippen LogP contribution >= 0.6 is 0 Å². The number of aromatic nitrogens is 1. The SMILES string of the molecule is C[C@H]1COc2c(NCCN(C)C=O)c(F)cc3c(=O)c(C(=O)O)cn1c23. The predicted molar refractivity (Wildman–Crippen MR) is 92.5 cm³/mol. The third kappa shape index (κ3) is 2.85. The Morgan fingerprint density at radius 2 is 2.31 bits per heavy atom. The first-order chi connectivity index (χ1) is 12.3. The molecule has 1 atom stereocenters. The molecular formula is C17H18FN3O5. The molecule has 2 aromatic rings. The average molecular weight is 363 g/mol. The topological polar surface area (TPSA) is 101 Å². The Kier molecular flexibility index (Phi) is 4.54. The fourth-order valence-electron chi connectivity index (χ4n) is 2.95. The van der Waals surface area contributed by atoms with E-state index in [1.807, 2.05) is 6.92 Å². The van der Waals surface area contributed by atoms with E-state index in [0.29, 0.717) is 18.5 Å². The van der Waals surface area contributed by atoms with Gasteiger partial charge in [0.25, 0.3) is 0 Å². The van der Waals surface area contributed by atoms with Gasteiger partial charge in [-0.05, 0) is 13.0 Å². The predicted octanol–water partition coefficient (Wildman–Crippen LogP) is 1.29. The Balaban J connectivity index is 2.17. The smallest absolute Gasteiger partial charge is 0.341 e. The molecule has 9 heteroatoms. The number of anilines is 1. The van der Waals surface area contributed by atoms with Crippen LogP contribution in [-0.4, -0.2) is 53.7 Å². The number of rotatable bonds is 6. The summed E-state index contributed by atoms with van der Waals surface area (Å²) in [7, 11) is 1.60. The van der Waals surface area contributed by atoms with E-state index in [-0.39, 0.29) is 36.0 Å². The summed E-state index contributed by atoms with van der Waals surface area (Å²) in [6, 6.07) is 0.806. The number of amides is 1. The summed E-state index contributed by atoms with van der Waals surface area (Å²) in [6.45, 7) is 2.65. The first-order valence-electron chi connectivity index (χ1n) is 8.02. The number of hydrogen-bond donors (Lipinski definition) is 2. The molecule has 0 radical (unpaired) electrons. The minimum absolute atomic E-state index is 0.0421. The Labute approximate surface area is 147 Å². The van der Waals surface area contributed by atoms with Crippen LogP contribution in [-0.2, 0) is 4.79 Å². The first kappa shape index (κ1) is 17.7. The second kappa shape index (κ2) is 6.66. The van der Waals surface area contributed by atoms with Crippen LogP contribution < -0.4 is 15.5 Å². The van der Waals surface area contributed by atoms with Crippen molar-refractivity contribution < 1.29 is 23.8 Å². The van der Waals surface area contributed by atoms with Gasteiger partial charge in [0.05, 0.1) is 16.9 Å². The number of likely N-dealkylation sites (N-methyl/N-ethyl adjacent to an activating group) is 1. The zero-order valence-corrected chi connectivity index (χ0v) is 14.3. The van der Waals surface area contributed by atoms with Gasteiger partial charge in [-0.15, -0.1) is 0 Å². The van der Waals surface area contributed by atoms with Crippen molar-refractivity contribution in [3.63, 3.8) is 0 Å². The standard InChI is InChI=1S/C17H18FN3O5/c1-9-7-26-16-13(19-3-4-20(2)8-22)12(18)5-10-14(16)21(9)6-11(15(10)23)17(24)25/h5-6,8-9,19H,3-4,7H2,1-2H3,(H,24,25)/t9-/m0/s1. The number of carboxylic acid groups (broad SMARTS) is 1. The van der Waals surface area contributed by atoms with Crippen LogP contribution in [0.4, 0.5) is 10.1 Å². The Morgan fingerprint density at radius 1 is 1.58 bits per heavy atom. The van der Waals surface area contributed by atoms with E-state index in [0.717, 1.165) is 6.07 Å². The van der Waals surface area contributed by atoms with Crippen LogP contribution in [0.15, 0.2) is 17.1 Å². The molecule has 1 aromatic carbocycles. The minimum Gasteiger partial charge on any atom is -0.487 e. The van der Waals surface area contributed by atoms with Gasteiger partial charge in [-0.1, -0.05) is 0 Å². The normalized spacial score (nSPS) is 15.4. The second-order valence-electron chi connectivity index (χ2n) is 6.22. The molecule has 1 aliphatic heterocycles. The molecule has 1 aromatic heterocycles. The van der Waals surface area contributed by atoms with Crippen molar-refractivity contribution in [2.75, 3.05) is 32.1 Å². The van der Waals surface area contributed by atoms with Crippen molar-refractivity contribution in [2.45, 2.75) is 13.0 Å². The lowest BCUT2D eigenvalue weighted by Crippen LogP contribution is -2.28. The zero-order chi connectivity index (χ0) is 19.0. The summed E-state index contributed by atoms with van der Waals surface area (Å²) in [6.07, 6.45) is 1.93. The highest BCUT2D eigenvalue weighted by Crippen LogP contribution is 2.39. The molecule has 2 heterocycles. The number of nitrogens with zero attached hydrogens (tertiary/aromatic N) is 2. The molecule has 0 fully saturated rings. The van der Waals surface area contributed by atoms with Gasteiger partial charge in [0.15, 0.2) is 11.6 Å². The van der Waals surface area contributed by atoms with E-state index in [4.69, 9.17) is 4.74 Å². The number of halogens is 1. The molecule has 1 amide bonds. The van der Waals surface area contributed by atoms with Crippen molar-refractivity contribution >= 4 is 29.0 Å². The van der Waals surface area contributed by atoms with Crippen molar-refractivity contribution in [3.8, 4) is 5.75 Å². The van der Waals surface area contributed by atoms with Gasteiger partial charge in [0.1, 0.15) is 17.9 Å². The van der Waals surface area contributed by atoms with Gasteiger partial charge in [0, 0.05) is 26.3 Å². The van der Waals surface area contributed by atoms with Crippen LogP contribution in [0.5, 0.6) is 5.75 Å². The Hall–Kier alpha value is -3.10. The molecule has 0 saturated carbocycles. The van der Waals surface area contributed by atoms with Crippen LogP contribution in [0, 0.1) is 5.82 Å².